The van der Waals surface area contributed by atoms with Crippen molar-refractivity contribution in [2.24, 2.45) is 7.05 Å². The van der Waals surface area contributed by atoms with E-state index in [1.165, 1.54) is 0 Å². The van der Waals surface area contributed by atoms with Crippen molar-refractivity contribution in [3.8, 4) is 17.0 Å². The van der Waals surface area contributed by atoms with Gasteiger partial charge in [0.15, 0.2) is 0 Å². The Hall–Kier alpha value is -2.12. The molecule has 0 bridgehead atoms. The van der Waals surface area contributed by atoms with Gasteiger partial charge >= 0.3 is 0 Å². The summed E-state index contributed by atoms with van der Waals surface area (Å²) in [4.78, 5) is 7.12. The average Bonchev–Trinajstić information content (AvgIpc) is 2.98. The van der Waals surface area contributed by atoms with E-state index < -0.39 is 0 Å². The molecule has 3 aromatic rings. The maximum atomic E-state index is 5.59. The van der Waals surface area contributed by atoms with Crippen molar-refractivity contribution >= 4 is 32.7 Å². The van der Waals surface area contributed by atoms with Gasteiger partial charge in [0.2, 0.25) is 0 Å². The fourth-order valence-electron chi connectivity index (χ4n) is 3.31. The zero-order chi connectivity index (χ0) is 19.6. The fourth-order valence-corrected chi connectivity index (χ4v) is 3.65. The lowest BCUT2D eigenvalue weighted by Gasteiger charge is -2.24. The number of fused-ring (bicyclic) bond motifs is 1. The highest BCUT2D eigenvalue weighted by Gasteiger charge is 2.21. The second-order valence-corrected chi connectivity index (χ2v) is 7.28. The molecule has 0 aliphatic carbocycles. The largest absolute Gasteiger partial charge is 0.496 e. The first-order chi connectivity index (χ1) is 13.0. The van der Waals surface area contributed by atoms with Crippen LogP contribution >= 0.6 is 15.9 Å². The van der Waals surface area contributed by atoms with Crippen LogP contribution in [-0.2, 0) is 11.8 Å². The SMILES string of the molecule is CCN(CCOC)c1cc(C)nc2c(-c3ccc(Br)cc3OC)nn(C)c12. The number of anilines is 1. The highest BCUT2D eigenvalue weighted by Crippen LogP contribution is 2.38. The smallest absolute Gasteiger partial charge is 0.129 e. The number of pyridine rings is 1. The van der Waals surface area contributed by atoms with Gasteiger partial charge < -0.3 is 14.4 Å². The minimum absolute atomic E-state index is 0.669. The molecule has 2 heterocycles. The molecule has 0 aliphatic rings. The number of likely N-dealkylation sites (N-methyl/N-ethyl adjacent to an activating group) is 1. The van der Waals surface area contributed by atoms with Gasteiger partial charge in [-0.2, -0.15) is 5.10 Å². The quantitative estimate of drug-likeness (QED) is 0.560. The summed E-state index contributed by atoms with van der Waals surface area (Å²) in [5.41, 5.74) is 5.72. The minimum atomic E-state index is 0.669. The summed E-state index contributed by atoms with van der Waals surface area (Å²) in [5.74, 6) is 0.765. The van der Waals surface area contributed by atoms with Crippen molar-refractivity contribution in [2.45, 2.75) is 13.8 Å². The third-order valence-electron chi connectivity index (χ3n) is 4.61. The number of benzene rings is 1. The van der Waals surface area contributed by atoms with Crippen LogP contribution in [0.25, 0.3) is 22.3 Å². The van der Waals surface area contributed by atoms with Crippen molar-refractivity contribution in [3.63, 3.8) is 0 Å². The molecule has 0 amide bonds. The Morgan fingerprint density at radius 3 is 2.67 bits per heavy atom. The van der Waals surface area contributed by atoms with Crippen LogP contribution in [0.4, 0.5) is 5.69 Å². The van der Waals surface area contributed by atoms with Crippen LogP contribution in [0.5, 0.6) is 5.75 Å². The predicted molar refractivity (Wildman–Crippen MR) is 113 cm³/mol. The van der Waals surface area contributed by atoms with E-state index in [0.29, 0.717) is 6.61 Å². The zero-order valence-corrected chi connectivity index (χ0v) is 18.0. The summed E-state index contributed by atoms with van der Waals surface area (Å²) < 4.78 is 13.7. The van der Waals surface area contributed by atoms with Crippen LogP contribution < -0.4 is 9.64 Å². The maximum absolute atomic E-state index is 5.59. The number of hydrogen-bond acceptors (Lipinski definition) is 5. The molecule has 0 unspecified atom stereocenters. The molecule has 3 rings (SSSR count). The molecule has 0 atom stereocenters. The van der Waals surface area contributed by atoms with Crippen molar-refractivity contribution in [1.29, 1.82) is 0 Å². The molecule has 144 valence electrons. The standard InChI is InChI=1S/C20H25BrN4O2/c1-6-25(9-10-26-4)16-11-13(2)22-19-18(23-24(3)20(16)19)15-8-7-14(21)12-17(15)27-5/h7-8,11-12H,6,9-10H2,1-5H3. The summed E-state index contributed by atoms with van der Waals surface area (Å²) in [6, 6.07) is 8.07. The molecule has 0 radical (unpaired) electrons. The number of halogens is 1. The van der Waals surface area contributed by atoms with Gasteiger partial charge in [-0.25, -0.2) is 4.98 Å². The summed E-state index contributed by atoms with van der Waals surface area (Å²) in [6.07, 6.45) is 0. The van der Waals surface area contributed by atoms with Crippen molar-refractivity contribution < 1.29 is 9.47 Å². The third kappa shape index (κ3) is 3.80. The van der Waals surface area contributed by atoms with Crippen molar-refractivity contribution in [1.82, 2.24) is 14.8 Å². The average molecular weight is 433 g/mol. The maximum Gasteiger partial charge on any atom is 0.129 e. The molecule has 7 heteroatoms. The first-order valence-electron chi connectivity index (χ1n) is 8.92. The second-order valence-electron chi connectivity index (χ2n) is 6.37. The van der Waals surface area contributed by atoms with Crippen LogP contribution in [0.15, 0.2) is 28.7 Å². The molecule has 6 nitrogen and oxygen atoms in total. The molecule has 0 spiro atoms. The number of methoxy groups -OCH3 is 2. The minimum Gasteiger partial charge on any atom is -0.496 e. The van der Waals surface area contributed by atoms with E-state index in [-0.39, 0.29) is 0 Å². The summed E-state index contributed by atoms with van der Waals surface area (Å²) in [5, 5.41) is 4.80. The van der Waals surface area contributed by atoms with Crippen molar-refractivity contribution in [2.75, 3.05) is 38.8 Å². The number of nitrogens with zero attached hydrogens (tertiary/aromatic N) is 4. The number of aryl methyl sites for hydroxylation is 2. The van der Waals surface area contributed by atoms with E-state index in [0.717, 1.165) is 57.0 Å². The Morgan fingerprint density at radius 2 is 2.00 bits per heavy atom. The lowest BCUT2D eigenvalue weighted by Crippen LogP contribution is -2.27. The number of rotatable bonds is 7. The second kappa shape index (κ2) is 8.27. The predicted octanol–water partition coefficient (Wildman–Crippen LogP) is 4.19. The lowest BCUT2D eigenvalue weighted by molar-refractivity contribution is 0.205. The topological polar surface area (TPSA) is 52.4 Å². The van der Waals surface area contributed by atoms with Gasteiger partial charge in [0.25, 0.3) is 0 Å². The zero-order valence-electron chi connectivity index (χ0n) is 16.4. The van der Waals surface area contributed by atoms with Gasteiger partial charge in [-0.05, 0) is 38.1 Å². The first kappa shape index (κ1) is 19.6. The van der Waals surface area contributed by atoms with E-state index in [2.05, 4.69) is 33.8 Å². The summed E-state index contributed by atoms with van der Waals surface area (Å²) in [6.45, 7) is 6.52. The van der Waals surface area contributed by atoms with Crippen LogP contribution in [-0.4, -0.2) is 48.7 Å². The fraction of sp³-hybridized carbons (Fsp3) is 0.400. The molecule has 0 aliphatic heterocycles. The van der Waals surface area contributed by atoms with E-state index >= 15 is 0 Å². The van der Waals surface area contributed by atoms with Gasteiger partial charge in [-0.15, -0.1) is 0 Å². The van der Waals surface area contributed by atoms with Crippen LogP contribution in [0.2, 0.25) is 0 Å². The van der Waals surface area contributed by atoms with Gasteiger partial charge in [0, 0.05) is 43.0 Å². The molecule has 2 aromatic heterocycles. The molecule has 1 aromatic carbocycles. The Morgan fingerprint density at radius 1 is 1.22 bits per heavy atom. The van der Waals surface area contributed by atoms with Gasteiger partial charge in [0.05, 0.1) is 19.4 Å². The Labute approximate surface area is 168 Å². The molecular weight excluding hydrogens is 408 g/mol. The van der Waals surface area contributed by atoms with Gasteiger partial charge in [-0.1, -0.05) is 15.9 Å². The summed E-state index contributed by atoms with van der Waals surface area (Å²) >= 11 is 3.50. The van der Waals surface area contributed by atoms with Crippen molar-refractivity contribution in [3.05, 3.63) is 34.4 Å². The first-order valence-corrected chi connectivity index (χ1v) is 9.71. The molecular formula is C20H25BrN4O2. The van der Waals surface area contributed by atoms with Crippen LogP contribution in [0.3, 0.4) is 0 Å². The van der Waals surface area contributed by atoms with E-state index in [1.54, 1.807) is 14.2 Å². The Balaban J connectivity index is 2.24. The third-order valence-corrected chi connectivity index (χ3v) is 5.10. The van der Waals surface area contributed by atoms with Gasteiger partial charge in [-0.3, -0.25) is 4.68 Å². The molecule has 0 saturated carbocycles. The number of hydrogen-bond donors (Lipinski definition) is 0. The molecule has 27 heavy (non-hydrogen) atoms. The summed E-state index contributed by atoms with van der Waals surface area (Å²) in [7, 11) is 5.36. The van der Waals surface area contributed by atoms with E-state index in [9.17, 15) is 0 Å². The monoisotopic (exact) mass is 432 g/mol. The van der Waals surface area contributed by atoms with Crippen LogP contribution in [0, 0.1) is 6.92 Å². The number of aromatic nitrogens is 3. The van der Waals surface area contributed by atoms with E-state index in [1.807, 2.05) is 36.9 Å². The highest BCUT2D eigenvalue weighted by molar-refractivity contribution is 9.10. The lowest BCUT2D eigenvalue weighted by atomic mass is 10.1. The molecule has 0 saturated heterocycles. The number of ether oxygens (including phenoxy) is 2. The molecule has 0 fully saturated rings. The van der Waals surface area contributed by atoms with Crippen LogP contribution in [0.1, 0.15) is 12.6 Å². The Bertz CT molecular complexity index is 955. The van der Waals surface area contributed by atoms with Gasteiger partial charge in [0.1, 0.15) is 22.5 Å². The highest BCUT2D eigenvalue weighted by atomic mass is 79.9. The Kier molecular flexibility index (Phi) is 6.01. The molecule has 0 N–H and O–H groups in total. The normalized spacial score (nSPS) is 11.2. The van der Waals surface area contributed by atoms with E-state index in [4.69, 9.17) is 19.6 Å².